The molecule has 2 N–H and O–H groups in total. The van der Waals surface area contributed by atoms with Crippen LogP contribution in [0.4, 0.5) is 24.5 Å². The zero-order chi connectivity index (χ0) is 25.4. The number of nitrogens with one attached hydrogen (secondary N) is 2. The Kier molecular flexibility index (Phi) is 8.08. The number of carbonyl (C=O) groups excluding carboxylic acids is 3. The Morgan fingerprint density at radius 1 is 0.829 bits per heavy atom. The van der Waals surface area contributed by atoms with Crippen molar-refractivity contribution in [3.63, 3.8) is 0 Å². The second kappa shape index (κ2) is 11.2. The largest absolute Gasteiger partial charge is 0.484 e. The summed E-state index contributed by atoms with van der Waals surface area (Å²) in [5.74, 6) is -1.19. The van der Waals surface area contributed by atoms with Crippen molar-refractivity contribution >= 4 is 29.2 Å². The van der Waals surface area contributed by atoms with Gasteiger partial charge in [0.1, 0.15) is 5.75 Å². The molecular formula is C25H21F3N2O5. The summed E-state index contributed by atoms with van der Waals surface area (Å²) >= 11 is 0. The van der Waals surface area contributed by atoms with Gasteiger partial charge in [-0.3, -0.25) is 9.59 Å². The molecule has 0 fully saturated rings. The number of carbonyl (C=O) groups is 3. The van der Waals surface area contributed by atoms with E-state index in [2.05, 4.69) is 10.6 Å². The van der Waals surface area contributed by atoms with E-state index in [0.717, 1.165) is 12.1 Å². The molecule has 0 saturated heterocycles. The fourth-order valence-electron chi connectivity index (χ4n) is 2.93. The minimum atomic E-state index is -4.52. The summed E-state index contributed by atoms with van der Waals surface area (Å²) in [4.78, 5) is 36.1. The average Bonchev–Trinajstić information content (AvgIpc) is 2.83. The van der Waals surface area contributed by atoms with Gasteiger partial charge in [0.2, 0.25) is 0 Å². The van der Waals surface area contributed by atoms with Crippen molar-refractivity contribution < 1.29 is 37.0 Å². The van der Waals surface area contributed by atoms with Gasteiger partial charge in [0.05, 0.1) is 17.7 Å². The molecule has 0 atom stereocenters. The van der Waals surface area contributed by atoms with Crippen LogP contribution in [0.1, 0.15) is 33.2 Å². The molecule has 0 aromatic heterocycles. The molecule has 0 saturated carbocycles. The fourth-order valence-corrected chi connectivity index (χ4v) is 2.93. The van der Waals surface area contributed by atoms with Crippen LogP contribution in [0.2, 0.25) is 0 Å². The van der Waals surface area contributed by atoms with Crippen molar-refractivity contribution in [3.8, 4) is 5.75 Å². The molecule has 0 radical (unpaired) electrons. The molecule has 10 heteroatoms. The lowest BCUT2D eigenvalue weighted by molar-refractivity contribution is -0.137. The van der Waals surface area contributed by atoms with Crippen LogP contribution in [0.5, 0.6) is 5.75 Å². The summed E-state index contributed by atoms with van der Waals surface area (Å²) in [7, 11) is 0. The topological polar surface area (TPSA) is 93.7 Å². The fraction of sp³-hybridized carbons (Fsp3) is 0.160. The Morgan fingerprint density at radius 3 is 2.11 bits per heavy atom. The molecule has 0 spiro atoms. The Labute approximate surface area is 198 Å². The summed E-state index contributed by atoms with van der Waals surface area (Å²) in [6, 6.07) is 16.2. The number of rotatable bonds is 8. The van der Waals surface area contributed by atoms with E-state index in [1.54, 1.807) is 19.1 Å². The lowest BCUT2D eigenvalue weighted by Crippen LogP contribution is -2.20. The van der Waals surface area contributed by atoms with Crippen molar-refractivity contribution in [1.82, 2.24) is 0 Å². The minimum absolute atomic E-state index is 0.0112. The van der Waals surface area contributed by atoms with Crippen molar-refractivity contribution in [3.05, 3.63) is 89.5 Å². The highest BCUT2D eigenvalue weighted by atomic mass is 19.4. The third kappa shape index (κ3) is 7.32. The van der Waals surface area contributed by atoms with Gasteiger partial charge in [-0.2, -0.15) is 13.2 Å². The Hall–Kier alpha value is -4.34. The Balaban J connectivity index is 1.51. The summed E-state index contributed by atoms with van der Waals surface area (Å²) in [6.07, 6.45) is -4.52. The highest BCUT2D eigenvalue weighted by molar-refractivity contribution is 6.04. The molecule has 0 heterocycles. The first-order valence-corrected chi connectivity index (χ1v) is 10.4. The van der Waals surface area contributed by atoms with Crippen LogP contribution in [-0.4, -0.2) is 31.0 Å². The van der Waals surface area contributed by atoms with Crippen molar-refractivity contribution in [2.75, 3.05) is 23.8 Å². The van der Waals surface area contributed by atoms with Gasteiger partial charge < -0.3 is 20.1 Å². The van der Waals surface area contributed by atoms with Crippen LogP contribution < -0.4 is 15.4 Å². The number of hydrogen-bond donors (Lipinski definition) is 2. The first kappa shape index (κ1) is 25.3. The maximum absolute atomic E-state index is 12.8. The van der Waals surface area contributed by atoms with Crippen molar-refractivity contribution in [2.24, 2.45) is 0 Å². The van der Waals surface area contributed by atoms with Crippen LogP contribution in [0.15, 0.2) is 72.8 Å². The molecular weight excluding hydrogens is 465 g/mol. The van der Waals surface area contributed by atoms with E-state index >= 15 is 0 Å². The van der Waals surface area contributed by atoms with Gasteiger partial charge in [0, 0.05) is 16.9 Å². The molecule has 3 rings (SSSR count). The molecule has 7 nitrogen and oxygen atoms in total. The normalized spacial score (nSPS) is 10.9. The first-order valence-electron chi connectivity index (χ1n) is 10.4. The van der Waals surface area contributed by atoms with Crippen molar-refractivity contribution in [1.29, 1.82) is 0 Å². The smallest absolute Gasteiger partial charge is 0.416 e. The highest BCUT2D eigenvalue weighted by Gasteiger charge is 2.30. The second-order valence-electron chi connectivity index (χ2n) is 7.19. The predicted molar refractivity (Wildman–Crippen MR) is 122 cm³/mol. The summed E-state index contributed by atoms with van der Waals surface area (Å²) < 4.78 is 48.8. The zero-order valence-corrected chi connectivity index (χ0v) is 18.5. The maximum Gasteiger partial charge on any atom is 0.416 e. The highest BCUT2D eigenvalue weighted by Crippen LogP contribution is 2.30. The van der Waals surface area contributed by atoms with E-state index in [1.165, 1.54) is 48.5 Å². The van der Waals surface area contributed by atoms with Gasteiger partial charge in [0.25, 0.3) is 11.8 Å². The van der Waals surface area contributed by atoms with E-state index in [0.29, 0.717) is 17.0 Å². The van der Waals surface area contributed by atoms with Crippen LogP contribution in [0.25, 0.3) is 0 Å². The van der Waals surface area contributed by atoms with Gasteiger partial charge in [-0.1, -0.05) is 6.07 Å². The third-order valence-electron chi connectivity index (χ3n) is 4.61. The molecule has 2 amide bonds. The molecule has 35 heavy (non-hydrogen) atoms. The van der Waals surface area contributed by atoms with Crippen molar-refractivity contribution in [2.45, 2.75) is 13.1 Å². The summed E-state index contributed by atoms with van der Waals surface area (Å²) in [5, 5.41) is 5.03. The second-order valence-corrected chi connectivity index (χ2v) is 7.19. The zero-order valence-electron chi connectivity index (χ0n) is 18.5. The number of amides is 2. The average molecular weight is 486 g/mol. The number of benzene rings is 3. The first-order chi connectivity index (χ1) is 16.7. The van der Waals surface area contributed by atoms with E-state index in [1.807, 2.05) is 0 Å². The molecule has 0 aliphatic rings. The number of esters is 1. The maximum atomic E-state index is 12.8. The molecule has 3 aromatic carbocycles. The SMILES string of the molecule is CCOC(=O)c1ccc(NC(=O)COc2ccc(C(=O)Nc3cccc(C(F)(F)F)c3)cc2)cc1. The minimum Gasteiger partial charge on any atom is -0.484 e. The number of ether oxygens (including phenoxy) is 2. The van der Waals surface area contributed by atoms with E-state index < -0.39 is 29.5 Å². The van der Waals surface area contributed by atoms with Gasteiger partial charge >= 0.3 is 12.1 Å². The van der Waals surface area contributed by atoms with Gasteiger partial charge in [-0.15, -0.1) is 0 Å². The van der Waals surface area contributed by atoms with Gasteiger partial charge in [-0.05, 0) is 73.7 Å². The van der Waals surface area contributed by atoms with E-state index in [9.17, 15) is 27.6 Å². The molecule has 0 unspecified atom stereocenters. The molecule has 0 bridgehead atoms. The molecule has 0 aliphatic carbocycles. The summed E-state index contributed by atoms with van der Waals surface area (Å²) in [5.41, 5.74) is 0.164. The monoisotopic (exact) mass is 486 g/mol. The third-order valence-corrected chi connectivity index (χ3v) is 4.61. The lowest BCUT2D eigenvalue weighted by Gasteiger charge is -2.11. The van der Waals surface area contributed by atoms with Crippen LogP contribution in [-0.2, 0) is 15.7 Å². The Morgan fingerprint density at radius 2 is 1.49 bits per heavy atom. The Bertz CT molecular complexity index is 1190. The standard InChI is InChI=1S/C25H21F3N2O5/c1-2-34-24(33)17-6-10-19(11-7-17)29-22(31)15-35-21-12-8-16(9-13-21)23(32)30-20-5-3-4-18(14-20)25(26,27)28/h3-14H,2,15H2,1H3,(H,29,31)(H,30,32). The number of alkyl halides is 3. The van der Waals surface area contributed by atoms with Crippen LogP contribution in [0.3, 0.4) is 0 Å². The summed E-state index contributed by atoms with van der Waals surface area (Å²) in [6.45, 7) is 1.65. The molecule has 182 valence electrons. The predicted octanol–water partition coefficient (Wildman–Crippen LogP) is 5.15. The number of anilines is 2. The lowest BCUT2D eigenvalue weighted by atomic mass is 10.1. The molecule has 3 aromatic rings. The van der Waals surface area contributed by atoms with Gasteiger partial charge in [-0.25, -0.2) is 4.79 Å². The van der Waals surface area contributed by atoms with Gasteiger partial charge in [0.15, 0.2) is 6.61 Å². The van der Waals surface area contributed by atoms with Crippen LogP contribution >= 0.6 is 0 Å². The van der Waals surface area contributed by atoms with E-state index in [4.69, 9.17) is 9.47 Å². The van der Waals surface area contributed by atoms with E-state index in [-0.39, 0.29) is 24.5 Å². The number of halogens is 3. The number of hydrogen-bond acceptors (Lipinski definition) is 5. The van der Waals surface area contributed by atoms with Crippen LogP contribution in [0, 0.1) is 0 Å². The quantitative estimate of drug-likeness (QED) is 0.430. The molecule has 0 aliphatic heterocycles.